The van der Waals surface area contributed by atoms with Crippen LogP contribution in [0.15, 0.2) is 48.5 Å². The number of para-hydroxylation sites is 1. The lowest BCUT2D eigenvalue weighted by Gasteiger charge is -2.16. The number of amides is 1. The third kappa shape index (κ3) is 7.58. The zero-order valence-corrected chi connectivity index (χ0v) is 17.0. The maximum Gasteiger partial charge on any atom is 0.241 e. The van der Waals surface area contributed by atoms with Gasteiger partial charge < -0.3 is 15.8 Å². The number of carbonyl (C=O) groups excluding carboxylic acids is 1. The number of benzene rings is 2. The van der Waals surface area contributed by atoms with Crippen molar-refractivity contribution in [1.29, 1.82) is 0 Å². The number of hydrogen-bond acceptors (Lipinski definition) is 5. The van der Waals surface area contributed by atoms with Gasteiger partial charge in [0.15, 0.2) is 0 Å². The van der Waals surface area contributed by atoms with E-state index in [2.05, 4.69) is 5.32 Å². The summed E-state index contributed by atoms with van der Waals surface area (Å²) in [6.07, 6.45) is 1.21. The SMILES string of the molecule is Cc1c(COc2ccccc2)cccc1NC(=O)C(N)CCS(C)(=O)=O.Cl. The Morgan fingerprint density at radius 1 is 1.15 bits per heavy atom. The molecule has 0 bridgehead atoms. The zero-order chi connectivity index (χ0) is 19.2. The van der Waals surface area contributed by atoms with Crippen molar-refractivity contribution < 1.29 is 17.9 Å². The molecule has 1 unspecified atom stereocenters. The van der Waals surface area contributed by atoms with Crippen molar-refractivity contribution in [1.82, 2.24) is 0 Å². The summed E-state index contributed by atoms with van der Waals surface area (Å²) in [6, 6.07) is 14.1. The lowest BCUT2D eigenvalue weighted by Crippen LogP contribution is -2.37. The number of nitrogens with one attached hydrogen (secondary N) is 1. The minimum absolute atomic E-state index is 0. The van der Waals surface area contributed by atoms with Gasteiger partial charge >= 0.3 is 0 Å². The first kappa shape index (κ1) is 23.0. The molecule has 3 N–H and O–H groups in total. The molecule has 0 radical (unpaired) electrons. The third-order valence-electron chi connectivity index (χ3n) is 3.98. The summed E-state index contributed by atoms with van der Waals surface area (Å²) in [5, 5.41) is 2.77. The topological polar surface area (TPSA) is 98.5 Å². The average Bonchev–Trinajstić information content (AvgIpc) is 2.60. The van der Waals surface area contributed by atoms with Crippen LogP contribution in [-0.4, -0.2) is 32.4 Å². The summed E-state index contributed by atoms with van der Waals surface area (Å²) in [7, 11) is -3.15. The molecule has 148 valence electrons. The van der Waals surface area contributed by atoms with Crippen LogP contribution in [0, 0.1) is 6.92 Å². The Kier molecular flexibility index (Phi) is 8.75. The molecular weight excluding hydrogens is 388 g/mol. The summed E-state index contributed by atoms with van der Waals surface area (Å²) in [5.74, 6) is 0.243. The van der Waals surface area contributed by atoms with Gasteiger partial charge in [0.05, 0.1) is 11.8 Å². The van der Waals surface area contributed by atoms with E-state index in [9.17, 15) is 13.2 Å². The molecule has 0 aliphatic carbocycles. The minimum atomic E-state index is -3.15. The molecule has 8 heteroatoms. The van der Waals surface area contributed by atoms with Crippen LogP contribution in [-0.2, 0) is 21.2 Å². The fourth-order valence-corrected chi connectivity index (χ4v) is 3.03. The molecule has 6 nitrogen and oxygen atoms in total. The van der Waals surface area contributed by atoms with Gasteiger partial charge in [0.1, 0.15) is 22.2 Å². The van der Waals surface area contributed by atoms with Crippen molar-refractivity contribution in [3.05, 3.63) is 59.7 Å². The van der Waals surface area contributed by atoms with E-state index in [1.54, 1.807) is 6.07 Å². The number of rotatable bonds is 8. The van der Waals surface area contributed by atoms with E-state index in [1.165, 1.54) is 0 Å². The molecule has 1 atom stereocenters. The van der Waals surface area contributed by atoms with Crippen LogP contribution in [0.2, 0.25) is 0 Å². The molecular formula is C19H25ClN2O4S. The molecule has 2 aromatic rings. The van der Waals surface area contributed by atoms with E-state index in [4.69, 9.17) is 10.5 Å². The molecule has 0 aliphatic heterocycles. The molecule has 2 aromatic carbocycles. The number of hydrogen-bond donors (Lipinski definition) is 2. The Balaban J connectivity index is 0.00000364. The molecule has 0 spiro atoms. The second-order valence-electron chi connectivity index (χ2n) is 6.21. The smallest absolute Gasteiger partial charge is 0.241 e. The van der Waals surface area contributed by atoms with Crippen LogP contribution in [0.25, 0.3) is 0 Å². The Labute approximate surface area is 166 Å². The number of carbonyl (C=O) groups is 1. The van der Waals surface area contributed by atoms with Gasteiger partial charge in [-0.2, -0.15) is 0 Å². The van der Waals surface area contributed by atoms with E-state index in [1.807, 2.05) is 49.4 Å². The first-order valence-corrected chi connectivity index (χ1v) is 10.3. The molecule has 0 aliphatic rings. The van der Waals surface area contributed by atoms with Crippen LogP contribution in [0.5, 0.6) is 5.75 Å². The van der Waals surface area contributed by atoms with Gasteiger partial charge in [0.2, 0.25) is 5.91 Å². The fraction of sp³-hybridized carbons (Fsp3) is 0.316. The lowest BCUT2D eigenvalue weighted by atomic mass is 10.1. The molecule has 27 heavy (non-hydrogen) atoms. The van der Waals surface area contributed by atoms with Gasteiger partial charge in [0.25, 0.3) is 0 Å². The van der Waals surface area contributed by atoms with Gasteiger partial charge in [-0.3, -0.25) is 4.79 Å². The van der Waals surface area contributed by atoms with Crippen LogP contribution >= 0.6 is 12.4 Å². The van der Waals surface area contributed by atoms with Crippen molar-refractivity contribution in [3.8, 4) is 5.75 Å². The highest BCUT2D eigenvalue weighted by atomic mass is 35.5. The summed E-state index contributed by atoms with van der Waals surface area (Å²) >= 11 is 0. The van der Waals surface area contributed by atoms with E-state index < -0.39 is 21.8 Å². The van der Waals surface area contributed by atoms with Crippen molar-refractivity contribution >= 4 is 33.8 Å². The summed E-state index contributed by atoms with van der Waals surface area (Å²) in [5.41, 5.74) is 8.25. The second kappa shape index (κ2) is 10.3. The molecule has 0 fully saturated rings. The molecule has 0 aromatic heterocycles. The zero-order valence-electron chi connectivity index (χ0n) is 15.3. The Hall–Kier alpha value is -2.09. The quantitative estimate of drug-likeness (QED) is 0.694. The summed E-state index contributed by atoms with van der Waals surface area (Å²) < 4.78 is 28.2. The van der Waals surface area contributed by atoms with Crippen molar-refractivity contribution in [2.24, 2.45) is 5.73 Å². The van der Waals surface area contributed by atoms with Crippen LogP contribution in [0.1, 0.15) is 17.5 Å². The molecule has 2 rings (SSSR count). The van der Waals surface area contributed by atoms with E-state index in [0.717, 1.165) is 23.1 Å². The minimum Gasteiger partial charge on any atom is -0.489 e. The molecule has 0 saturated heterocycles. The van der Waals surface area contributed by atoms with Gasteiger partial charge in [-0.05, 0) is 42.7 Å². The van der Waals surface area contributed by atoms with Crippen molar-refractivity contribution in [3.63, 3.8) is 0 Å². The Bertz CT molecular complexity index is 857. The van der Waals surface area contributed by atoms with Crippen molar-refractivity contribution in [2.75, 3.05) is 17.3 Å². The average molecular weight is 413 g/mol. The third-order valence-corrected chi connectivity index (χ3v) is 4.96. The number of anilines is 1. The van der Waals surface area contributed by atoms with Gasteiger partial charge in [-0.25, -0.2) is 8.42 Å². The first-order chi connectivity index (χ1) is 12.3. The highest BCUT2D eigenvalue weighted by Gasteiger charge is 2.17. The predicted octanol–water partition coefficient (Wildman–Crippen LogP) is 2.70. The van der Waals surface area contributed by atoms with E-state index in [0.29, 0.717) is 12.3 Å². The Morgan fingerprint density at radius 2 is 1.81 bits per heavy atom. The van der Waals surface area contributed by atoms with Crippen LogP contribution in [0.4, 0.5) is 5.69 Å². The fourth-order valence-electron chi connectivity index (χ4n) is 2.35. The summed E-state index contributed by atoms with van der Waals surface area (Å²) in [4.78, 5) is 12.2. The van der Waals surface area contributed by atoms with Gasteiger partial charge in [0, 0.05) is 11.9 Å². The first-order valence-electron chi connectivity index (χ1n) is 8.27. The second-order valence-corrected chi connectivity index (χ2v) is 8.47. The molecule has 1 amide bonds. The normalized spacial score (nSPS) is 12.0. The highest BCUT2D eigenvalue weighted by molar-refractivity contribution is 7.90. The predicted molar refractivity (Wildman–Crippen MR) is 110 cm³/mol. The Morgan fingerprint density at radius 3 is 2.44 bits per heavy atom. The molecule has 0 heterocycles. The highest BCUT2D eigenvalue weighted by Crippen LogP contribution is 2.21. The van der Waals surface area contributed by atoms with Crippen LogP contribution in [0.3, 0.4) is 0 Å². The van der Waals surface area contributed by atoms with Gasteiger partial charge in [-0.1, -0.05) is 30.3 Å². The van der Waals surface area contributed by atoms with Gasteiger partial charge in [-0.15, -0.1) is 12.4 Å². The number of nitrogens with two attached hydrogens (primary N) is 1. The maximum absolute atomic E-state index is 12.2. The van der Waals surface area contributed by atoms with E-state index in [-0.39, 0.29) is 24.6 Å². The largest absolute Gasteiger partial charge is 0.489 e. The van der Waals surface area contributed by atoms with E-state index >= 15 is 0 Å². The lowest BCUT2D eigenvalue weighted by molar-refractivity contribution is -0.117. The monoisotopic (exact) mass is 412 g/mol. The summed E-state index contributed by atoms with van der Waals surface area (Å²) in [6.45, 7) is 2.26. The molecule has 0 saturated carbocycles. The number of halogens is 1. The number of ether oxygens (including phenoxy) is 1. The standard InChI is InChI=1S/C19H24N2O4S.ClH/c1-14-15(13-25-16-8-4-3-5-9-16)7-6-10-18(14)21-19(22)17(20)11-12-26(2,23)24;/h3-10,17H,11-13,20H2,1-2H3,(H,21,22);1H. The number of sulfone groups is 1. The van der Waals surface area contributed by atoms with Crippen LogP contribution < -0.4 is 15.8 Å². The maximum atomic E-state index is 12.2. The van der Waals surface area contributed by atoms with Crippen molar-refractivity contribution in [2.45, 2.75) is 26.0 Å².